The molecule has 0 saturated heterocycles. The molecular weight excluding hydrogens is 552 g/mol. The SMILES string of the molecule is COc1cc(OC)c(NC(=O)Cn2c(=O)n(CC(=O)N[C@H](CO)CC3CCCCC3)c(=O)c3ccccc32)cc1Cl. The van der Waals surface area contributed by atoms with Gasteiger partial charge in [-0.15, -0.1) is 0 Å². The number of amides is 2. The number of rotatable bonds is 11. The van der Waals surface area contributed by atoms with E-state index in [0.29, 0.717) is 23.8 Å². The number of nitrogens with one attached hydrogen (secondary N) is 2. The molecule has 1 heterocycles. The largest absolute Gasteiger partial charge is 0.495 e. The second-order valence-electron chi connectivity index (χ2n) is 10.2. The van der Waals surface area contributed by atoms with Crippen molar-refractivity contribution >= 4 is 40.0 Å². The molecule has 2 amide bonds. The Morgan fingerprint density at radius 3 is 2.37 bits per heavy atom. The number of carbonyl (C=O) groups is 2. The van der Waals surface area contributed by atoms with Crippen molar-refractivity contribution in [2.75, 3.05) is 26.1 Å². The Labute approximate surface area is 242 Å². The summed E-state index contributed by atoms with van der Waals surface area (Å²) in [5.41, 5.74) is -0.943. The average molecular weight is 587 g/mol. The van der Waals surface area contributed by atoms with Crippen LogP contribution in [0.25, 0.3) is 10.9 Å². The lowest BCUT2D eigenvalue weighted by Gasteiger charge is -2.26. The summed E-state index contributed by atoms with van der Waals surface area (Å²) in [6.45, 7) is -1.24. The number of aliphatic hydroxyl groups is 1. The minimum Gasteiger partial charge on any atom is -0.495 e. The van der Waals surface area contributed by atoms with Crippen LogP contribution >= 0.6 is 11.6 Å². The summed E-state index contributed by atoms with van der Waals surface area (Å²) in [7, 11) is 2.88. The van der Waals surface area contributed by atoms with Crippen molar-refractivity contribution < 1.29 is 24.2 Å². The highest BCUT2D eigenvalue weighted by molar-refractivity contribution is 6.32. The fraction of sp³-hybridized carbons (Fsp3) is 0.448. The molecule has 0 aliphatic heterocycles. The minimum absolute atomic E-state index is 0.179. The smallest absolute Gasteiger partial charge is 0.332 e. The van der Waals surface area contributed by atoms with E-state index in [0.717, 1.165) is 34.8 Å². The molecule has 0 unspecified atom stereocenters. The van der Waals surface area contributed by atoms with Crippen LogP contribution in [-0.4, -0.2) is 52.9 Å². The van der Waals surface area contributed by atoms with Crippen LogP contribution in [0.15, 0.2) is 46.0 Å². The second-order valence-corrected chi connectivity index (χ2v) is 10.6. The lowest BCUT2D eigenvalue weighted by atomic mass is 9.85. The zero-order valence-corrected chi connectivity index (χ0v) is 23.9. The van der Waals surface area contributed by atoms with Gasteiger partial charge < -0.3 is 25.2 Å². The van der Waals surface area contributed by atoms with Crippen molar-refractivity contribution in [3.63, 3.8) is 0 Å². The molecule has 1 aliphatic carbocycles. The van der Waals surface area contributed by atoms with Crippen LogP contribution < -0.4 is 31.4 Å². The Hall–Kier alpha value is -3.83. The zero-order valence-electron chi connectivity index (χ0n) is 23.2. The fourth-order valence-corrected chi connectivity index (χ4v) is 5.62. The Bertz CT molecular complexity index is 1530. The number of fused-ring (bicyclic) bond motifs is 1. The summed E-state index contributed by atoms with van der Waals surface area (Å²) in [5, 5.41) is 15.7. The van der Waals surface area contributed by atoms with Crippen LogP contribution in [0.4, 0.5) is 5.69 Å². The molecule has 0 spiro atoms. The van der Waals surface area contributed by atoms with Crippen LogP contribution in [0.2, 0.25) is 5.02 Å². The van der Waals surface area contributed by atoms with Crippen LogP contribution in [-0.2, 0) is 22.7 Å². The van der Waals surface area contributed by atoms with Gasteiger partial charge in [-0.3, -0.25) is 23.5 Å². The highest BCUT2D eigenvalue weighted by Gasteiger charge is 2.22. The van der Waals surface area contributed by atoms with E-state index in [1.165, 1.54) is 38.8 Å². The van der Waals surface area contributed by atoms with Gasteiger partial charge in [0.2, 0.25) is 11.8 Å². The molecule has 1 fully saturated rings. The van der Waals surface area contributed by atoms with Gasteiger partial charge in [-0.25, -0.2) is 4.79 Å². The number of halogens is 1. The maximum atomic E-state index is 13.5. The van der Waals surface area contributed by atoms with Gasteiger partial charge in [0.15, 0.2) is 0 Å². The van der Waals surface area contributed by atoms with Crippen LogP contribution in [0.1, 0.15) is 38.5 Å². The predicted molar refractivity (Wildman–Crippen MR) is 156 cm³/mol. The first-order valence-electron chi connectivity index (χ1n) is 13.6. The van der Waals surface area contributed by atoms with E-state index in [1.807, 2.05) is 0 Å². The summed E-state index contributed by atoms with van der Waals surface area (Å²) >= 11 is 6.21. The van der Waals surface area contributed by atoms with Crippen LogP contribution in [0, 0.1) is 5.92 Å². The predicted octanol–water partition coefficient (Wildman–Crippen LogP) is 2.92. The zero-order chi connectivity index (χ0) is 29.5. The Morgan fingerprint density at radius 2 is 1.68 bits per heavy atom. The van der Waals surface area contributed by atoms with E-state index >= 15 is 0 Å². The molecule has 3 N–H and O–H groups in total. The third-order valence-electron chi connectivity index (χ3n) is 7.41. The van der Waals surface area contributed by atoms with E-state index < -0.39 is 42.2 Å². The molecule has 4 rings (SSSR count). The number of aliphatic hydroxyl groups excluding tert-OH is 1. The lowest BCUT2D eigenvalue weighted by molar-refractivity contribution is -0.123. The first-order valence-corrected chi connectivity index (χ1v) is 14.0. The topological polar surface area (TPSA) is 141 Å². The third-order valence-corrected chi connectivity index (χ3v) is 7.71. The highest BCUT2D eigenvalue weighted by atomic mass is 35.5. The van der Waals surface area contributed by atoms with Gasteiger partial charge in [0.05, 0.1) is 48.5 Å². The Morgan fingerprint density at radius 1 is 1.00 bits per heavy atom. The van der Waals surface area contributed by atoms with Crippen LogP contribution in [0.3, 0.4) is 0 Å². The number of methoxy groups -OCH3 is 2. The monoisotopic (exact) mass is 586 g/mol. The van der Waals surface area contributed by atoms with Crippen molar-refractivity contribution in [1.29, 1.82) is 0 Å². The van der Waals surface area contributed by atoms with Crippen molar-refractivity contribution in [3.8, 4) is 11.5 Å². The van der Waals surface area contributed by atoms with Crippen molar-refractivity contribution in [1.82, 2.24) is 14.5 Å². The van der Waals surface area contributed by atoms with Gasteiger partial charge in [-0.05, 0) is 30.5 Å². The molecule has 0 radical (unpaired) electrons. The number of nitrogens with zero attached hydrogens (tertiary/aromatic N) is 2. The summed E-state index contributed by atoms with van der Waals surface area (Å²) in [5.74, 6) is -0.0804. The van der Waals surface area contributed by atoms with E-state index in [2.05, 4.69) is 10.6 Å². The number of carbonyl (C=O) groups excluding carboxylic acids is 2. The number of hydrogen-bond donors (Lipinski definition) is 3. The highest BCUT2D eigenvalue weighted by Crippen LogP contribution is 2.36. The quantitative estimate of drug-likeness (QED) is 0.314. The summed E-state index contributed by atoms with van der Waals surface area (Å²) in [6.07, 6.45) is 6.21. The molecule has 11 nitrogen and oxygen atoms in total. The molecule has 3 aromatic rings. The van der Waals surface area contributed by atoms with Gasteiger partial charge in [-0.2, -0.15) is 0 Å². The molecule has 41 heavy (non-hydrogen) atoms. The molecule has 1 aromatic heterocycles. The van der Waals surface area contributed by atoms with Gasteiger partial charge in [0, 0.05) is 6.07 Å². The second kappa shape index (κ2) is 13.7. The number of aromatic nitrogens is 2. The number of ether oxygens (including phenoxy) is 2. The number of benzene rings is 2. The lowest BCUT2D eigenvalue weighted by Crippen LogP contribution is -2.47. The maximum Gasteiger partial charge on any atom is 0.332 e. The third kappa shape index (κ3) is 7.09. The van der Waals surface area contributed by atoms with Crippen molar-refractivity contribution in [2.45, 2.75) is 57.7 Å². The molecule has 2 aromatic carbocycles. The first-order chi connectivity index (χ1) is 19.7. The first kappa shape index (κ1) is 30.1. The standard InChI is InChI=1S/C29H35ClN4O7/c1-40-24-14-25(41-2)22(13-21(24)30)32-27(37)15-33-23-11-7-6-10-20(23)28(38)34(29(33)39)16-26(36)31-19(17-35)12-18-8-4-3-5-9-18/h6-7,10-11,13-14,18-19,35H,3-5,8-9,12,15-17H2,1-2H3,(H,31,36)(H,32,37)/t19-/m0/s1. The maximum absolute atomic E-state index is 13.5. The van der Waals surface area contributed by atoms with Gasteiger partial charge in [0.25, 0.3) is 5.56 Å². The Balaban J connectivity index is 1.58. The molecule has 1 aliphatic rings. The number of anilines is 1. The van der Waals surface area contributed by atoms with Gasteiger partial charge in [0.1, 0.15) is 24.6 Å². The van der Waals surface area contributed by atoms with E-state index in [9.17, 15) is 24.3 Å². The number of hydrogen-bond acceptors (Lipinski definition) is 7. The average Bonchev–Trinajstić information content (AvgIpc) is 2.97. The molecule has 0 bridgehead atoms. The molecule has 220 valence electrons. The van der Waals surface area contributed by atoms with Gasteiger partial charge in [-0.1, -0.05) is 55.8 Å². The molecular formula is C29H35ClN4O7. The normalized spacial score (nSPS) is 14.4. The minimum atomic E-state index is -0.813. The van der Waals surface area contributed by atoms with Gasteiger partial charge >= 0.3 is 5.69 Å². The van der Waals surface area contributed by atoms with E-state index in [4.69, 9.17) is 21.1 Å². The summed E-state index contributed by atoms with van der Waals surface area (Å²) < 4.78 is 12.5. The number of para-hydroxylation sites is 1. The fourth-order valence-electron chi connectivity index (χ4n) is 5.38. The molecule has 12 heteroatoms. The Kier molecular flexibility index (Phi) is 10.1. The van der Waals surface area contributed by atoms with Crippen LogP contribution in [0.5, 0.6) is 11.5 Å². The van der Waals surface area contributed by atoms with Crippen molar-refractivity contribution in [2.24, 2.45) is 5.92 Å². The molecule has 1 saturated carbocycles. The molecule has 1 atom stereocenters. The van der Waals surface area contributed by atoms with Crippen molar-refractivity contribution in [3.05, 3.63) is 62.3 Å². The summed E-state index contributed by atoms with van der Waals surface area (Å²) in [4.78, 5) is 52.8. The van der Waals surface area contributed by atoms with E-state index in [-0.39, 0.29) is 28.2 Å². The van der Waals surface area contributed by atoms with E-state index in [1.54, 1.807) is 18.2 Å². The summed E-state index contributed by atoms with van der Waals surface area (Å²) in [6, 6.07) is 8.90.